The first kappa shape index (κ1) is 14.9. The lowest BCUT2D eigenvalue weighted by atomic mass is 9.97. The number of aliphatic hydroxyl groups excluding tert-OH is 1. The molecule has 1 fully saturated rings. The molecule has 3 N–H and O–H groups in total. The maximum absolute atomic E-state index is 10.9. The summed E-state index contributed by atoms with van der Waals surface area (Å²) < 4.78 is 5.75. The van der Waals surface area contributed by atoms with E-state index in [0.29, 0.717) is 32.5 Å². The Morgan fingerprint density at radius 1 is 1.50 bits per heavy atom. The lowest BCUT2D eigenvalue weighted by Crippen LogP contribution is -2.36. The van der Waals surface area contributed by atoms with E-state index in [2.05, 4.69) is 10.2 Å². The second-order valence-electron chi connectivity index (χ2n) is 5.30. The van der Waals surface area contributed by atoms with Crippen LogP contribution >= 0.6 is 0 Å². The van der Waals surface area contributed by atoms with Crippen LogP contribution in [0.2, 0.25) is 0 Å². The van der Waals surface area contributed by atoms with Crippen LogP contribution in [0.15, 0.2) is 16.5 Å². The van der Waals surface area contributed by atoms with E-state index in [4.69, 9.17) is 14.6 Å². The first-order valence-electron chi connectivity index (χ1n) is 7.01. The quantitative estimate of drug-likeness (QED) is 0.723. The molecular formula is C14H22N2O4. The number of carboxylic acid groups (broad SMARTS) is 1. The van der Waals surface area contributed by atoms with Crippen LogP contribution in [0.4, 0.5) is 5.88 Å². The molecule has 0 spiro atoms. The molecule has 6 heteroatoms. The fourth-order valence-electron chi connectivity index (χ4n) is 2.32. The van der Waals surface area contributed by atoms with Gasteiger partial charge in [0.15, 0.2) is 5.88 Å². The Morgan fingerprint density at radius 2 is 2.20 bits per heavy atom. The molecule has 6 nitrogen and oxygen atoms in total. The molecule has 112 valence electrons. The molecule has 2 rings (SSSR count). The smallest absolute Gasteiger partial charge is 0.306 e. The summed E-state index contributed by atoms with van der Waals surface area (Å²) in [6.45, 7) is 4.00. The van der Waals surface area contributed by atoms with Crippen molar-refractivity contribution in [3.05, 3.63) is 17.9 Å². The fourth-order valence-corrected chi connectivity index (χ4v) is 2.32. The van der Waals surface area contributed by atoms with Gasteiger partial charge in [0.25, 0.3) is 0 Å². The number of anilines is 1. The molecule has 0 amide bonds. The van der Waals surface area contributed by atoms with Crippen LogP contribution in [0.3, 0.4) is 0 Å². The minimum atomic E-state index is -0.702. The molecule has 1 saturated heterocycles. The average molecular weight is 282 g/mol. The van der Waals surface area contributed by atoms with E-state index in [1.807, 2.05) is 19.1 Å². The highest BCUT2D eigenvalue weighted by Crippen LogP contribution is 2.25. The molecule has 0 aliphatic carbocycles. The average Bonchev–Trinajstić information content (AvgIpc) is 2.93. The second-order valence-corrected chi connectivity index (χ2v) is 5.30. The minimum Gasteiger partial charge on any atom is -0.481 e. The van der Waals surface area contributed by atoms with E-state index in [9.17, 15) is 4.79 Å². The lowest BCUT2D eigenvalue weighted by molar-refractivity contribution is -0.142. The zero-order valence-corrected chi connectivity index (χ0v) is 11.7. The highest BCUT2D eigenvalue weighted by Gasteiger charge is 2.25. The zero-order chi connectivity index (χ0) is 14.5. The summed E-state index contributed by atoms with van der Waals surface area (Å²) in [5.74, 6) is 0.683. The van der Waals surface area contributed by atoms with Crippen molar-refractivity contribution in [3.8, 4) is 0 Å². The van der Waals surface area contributed by atoms with Gasteiger partial charge in [-0.2, -0.15) is 0 Å². The van der Waals surface area contributed by atoms with Gasteiger partial charge in [0.05, 0.1) is 19.1 Å². The molecule has 0 radical (unpaired) electrons. The molecule has 0 saturated carbocycles. The van der Waals surface area contributed by atoms with Gasteiger partial charge in [0, 0.05) is 25.2 Å². The lowest BCUT2D eigenvalue weighted by Gasteiger charge is -2.29. The summed E-state index contributed by atoms with van der Waals surface area (Å²) in [7, 11) is 0. The van der Waals surface area contributed by atoms with Gasteiger partial charge < -0.3 is 24.8 Å². The third kappa shape index (κ3) is 3.74. The molecule has 0 bridgehead atoms. The first-order chi connectivity index (χ1) is 9.60. The fraction of sp³-hybridized carbons (Fsp3) is 0.643. The number of carboxylic acids is 1. The molecule has 1 aliphatic heterocycles. The number of aliphatic carboxylic acids is 1. The number of hydrogen-bond acceptors (Lipinski definition) is 5. The van der Waals surface area contributed by atoms with Crippen molar-refractivity contribution in [3.63, 3.8) is 0 Å². The summed E-state index contributed by atoms with van der Waals surface area (Å²) in [5.41, 5.74) is 0. The van der Waals surface area contributed by atoms with Crippen LogP contribution in [-0.4, -0.2) is 41.9 Å². The predicted molar refractivity (Wildman–Crippen MR) is 74.7 cm³/mol. The van der Waals surface area contributed by atoms with E-state index >= 15 is 0 Å². The number of aliphatic hydroxyl groups is 1. The standard InChI is InChI=1S/C14H22N2O4/c1-10(9-17)15-8-12-2-3-13(20-12)16-6-4-11(5-7-16)14(18)19/h2-3,10-11,15,17H,4-9H2,1H3,(H,18,19). The Morgan fingerprint density at radius 3 is 2.80 bits per heavy atom. The topological polar surface area (TPSA) is 85.9 Å². The molecule has 1 atom stereocenters. The Balaban J connectivity index is 1.85. The summed E-state index contributed by atoms with van der Waals surface area (Å²) in [5, 5.41) is 21.1. The normalized spacial score (nSPS) is 18.2. The predicted octanol–water partition coefficient (Wildman–Crippen LogP) is 1.05. The summed E-state index contributed by atoms with van der Waals surface area (Å²) in [6.07, 6.45) is 1.32. The van der Waals surface area contributed by atoms with Crippen LogP contribution in [-0.2, 0) is 11.3 Å². The SMILES string of the molecule is CC(CO)NCc1ccc(N2CCC(C(=O)O)CC2)o1. The highest BCUT2D eigenvalue weighted by molar-refractivity contribution is 5.70. The van der Waals surface area contributed by atoms with Crippen LogP contribution in [0.25, 0.3) is 0 Å². The van der Waals surface area contributed by atoms with E-state index < -0.39 is 5.97 Å². The van der Waals surface area contributed by atoms with Gasteiger partial charge in [-0.25, -0.2) is 0 Å². The van der Waals surface area contributed by atoms with E-state index in [-0.39, 0.29) is 18.6 Å². The number of nitrogens with one attached hydrogen (secondary N) is 1. The van der Waals surface area contributed by atoms with Crippen LogP contribution < -0.4 is 10.2 Å². The largest absolute Gasteiger partial charge is 0.481 e. The Labute approximate surface area is 118 Å². The summed E-state index contributed by atoms with van der Waals surface area (Å²) in [4.78, 5) is 13.0. The number of furan rings is 1. The van der Waals surface area contributed by atoms with Crippen molar-refractivity contribution in [2.45, 2.75) is 32.4 Å². The third-order valence-electron chi connectivity index (χ3n) is 3.70. The molecule has 0 aromatic carbocycles. The minimum absolute atomic E-state index is 0.0369. The molecule has 1 aliphatic rings. The van der Waals surface area contributed by atoms with Gasteiger partial charge in [0.1, 0.15) is 5.76 Å². The molecule has 1 aromatic rings. The van der Waals surface area contributed by atoms with Crippen molar-refractivity contribution in [1.29, 1.82) is 0 Å². The maximum atomic E-state index is 10.9. The third-order valence-corrected chi connectivity index (χ3v) is 3.70. The first-order valence-corrected chi connectivity index (χ1v) is 7.01. The highest BCUT2D eigenvalue weighted by atomic mass is 16.4. The molecule has 20 heavy (non-hydrogen) atoms. The van der Waals surface area contributed by atoms with Crippen molar-refractivity contribution in [2.75, 3.05) is 24.6 Å². The van der Waals surface area contributed by atoms with Gasteiger partial charge in [0.2, 0.25) is 0 Å². The maximum Gasteiger partial charge on any atom is 0.306 e. The number of rotatable bonds is 6. The molecule has 1 aromatic heterocycles. The molecular weight excluding hydrogens is 260 g/mol. The number of carbonyl (C=O) groups is 1. The van der Waals surface area contributed by atoms with Crippen LogP contribution in [0.5, 0.6) is 0 Å². The van der Waals surface area contributed by atoms with Crippen molar-refractivity contribution in [2.24, 2.45) is 5.92 Å². The Bertz CT molecular complexity index is 438. The number of hydrogen-bond donors (Lipinski definition) is 3. The van der Waals surface area contributed by atoms with Crippen LogP contribution in [0.1, 0.15) is 25.5 Å². The van der Waals surface area contributed by atoms with Crippen molar-refractivity contribution < 1.29 is 19.4 Å². The number of nitrogens with zero attached hydrogens (tertiary/aromatic N) is 1. The van der Waals surface area contributed by atoms with E-state index in [1.165, 1.54) is 0 Å². The monoisotopic (exact) mass is 282 g/mol. The van der Waals surface area contributed by atoms with E-state index in [0.717, 1.165) is 11.6 Å². The van der Waals surface area contributed by atoms with Crippen molar-refractivity contribution >= 4 is 11.9 Å². The Hall–Kier alpha value is -1.53. The van der Waals surface area contributed by atoms with Gasteiger partial charge in [-0.05, 0) is 25.8 Å². The van der Waals surface area contributed by atoms with Gasteiger partial charge in [-0.15, -0.1) is 0 Å². The summed E-state index contributed by atoms with van der Waals surface area (Å²) in [6, 6.07) is 3.87. The Kier molecular flexibility index (Phi) is 5.03. The molecule has 1 unspecified atom stereocenters. The van der Waals surface area contributed by atoms with Gasteiger partial charge in [-0.3, -0.25) is 4.79 Å². The second kappa shape index (κ2) is 6.76. The van der Waals surface area contributed by atoms with Gasteiger partial charge in [-0.1, -0.05) is 0 Å². The van der Waals surface area contributed by atoms with Gasteiger partial charge >= 0.3 is 5.97 Å². The number of piperidine rings is 1. The van der Waals surface area contributed by atoms with Crippen molar-refractivity contribution in [1.82, 2.24) is 5.32 Å². The van der Waals surface area contributed by atoms with E-state index in [1.54, 1.807) is 0 Å². The summed E-state index contributed by atoms with van der Waals surface area (Å²) >= 11 is 0. The zero-order valence-electron chi connectivity index (χ0n) is 11.7. The molecule has 2 heterocycles. The van der Waals surface area contributed by atoms with Crippen LogP contribution in [0, 0.1) is 5.92 Å².